The standard InChI is InChI=1S/C35H33N3O4/c39-34(37-18-16-25(17-19-37)20-24-6-2-1-3-7-24)27-11-13-28(14-12-27)36-33-29-8-4-5-9-30(29)35(40)38(33)22-26-10-15-31-32(21-26)42-23-41-31/h1-15,21,25,33,36H,16-20,22-23H2/t33-/m0/s1. The molecular weight excluding hydrogens is 526 g/mol. The summed E-state index contributed by atoms with van der Waals surface area (Å²) < 4.78 is 11.0. The van der Waals surface area contributed by atoms with E-state index in [0.717, 1.165) is 54.9 Å². The molecule has 1 saturated heterocycles. The first-order valence-electron chi connectivity index (χ1n) is 14.6. The highest BCUT2D eigenvalue weighted by Crippen LogP contribution is 2.38. The van der Waals surface area contributed by atoms with Crippen LogP contribution in [0.15, 0.2) is 97.1 Å². The maximum absolute atomic E-state index is 13.5. The molecule has 3 aliphatic heterocycles. The minimum Gasteiger partial charge on any atom is -0.454 e. The first-order chi connectivity index (χ1) is 20.6. The molecule has 212 valence electrons. The van der Waals surface area contributed by atoms with Gasteiger partial charge in [-0.1, -0.05) is 54.6 Å². The fraction of sp³-hybridized carbons (Fsp3) is 0.257. The Kier molecular flexibility index (Phi) is 7.00. The third-order valence-corrected chi connectivity index (χ3v) is 8.55. The number of hydrogen-bond donors (Lipinski definition) is 1. The molecule has 3 aliphatic rings. The lowest BCUT2D eigenvalue weighted by Gasteiger charge is -2.32. The van der Waals surface area contributed by atoms with E-state index in [-0.39, 0.29) is 24.8 Å². The molecule has 42 heavy (non-hydrogen) atoms. The molecule has 1 atom stereocenters. The molecule has 0 unspecified atom stereocenters. The van der Waals surface area contributed by atoms with Gasteiger partial charge >= 0.3 is 0 Å². The second kappa shape index (κ2) is 11.2. The van der Waals surface area contributed by atoms with Crippen LogP contribution in [0.1, 0.15) is 56.4 Å². The first-order valence-corrected chi connectivity index (χ1v) is 14.6. The van der Waals surface area contributed by atoms with Gasteiger partial charge in [-0.3, -0.25) is 9.59 Å². The molecule has 4 aromatic carbocycles. The number of nitrogens with one attached hydrogen (secondary N) is 1. The number of fused-ring (bicyclic) bond motifs is 2. The third-order valence-electron chi connectivity index (χ3n) is 8.55. The Labute approximate surface area is 245 Å². The lowest BCUT2D eigenvalue weighted by molar-refractivity contribution is 0.0689. The zero-order valence-corrected chi connectivity index (χ0v) is 23.4. The van der Waals surface area contributed by atoms with Crippen LogP contribution in [0.25, 0.3) is 0 Å². The molecule has 7 heteroatoms. The van der Waals surface area contributed by atoms with Crippen molar-refractivity contribution in [2.45, 2.75) is 32.0 Å². The molecule has 1 N–H and O–H groups in total. The van der Waals surface area contributed by atoms with Gasteiger partial charge < -0.3 is 24.6 Å². The highest BCUT2D eigenvalue weighted by atomic mass is 16.7. The van der Waals surface area contributed by atoms with E-state index >= 15 is 0 Å². The molecule has 0 saturated carbocycles. The number of carbonyl (C=O) groups is 2. The Balaban J connectivity index is 1.02. The summed E-state index contributed by atoms with van der Waals surface area (Å²) in [5.74, 6) is 2.08. The summed E-state index contributed by atoms with van der Waals surface area (Å²) in [7, 11) is 0. The summed E-state index contributed by atoms with van der Waals surface area (Å²) in [5.41, 5.74) is 5.48. The van der Waals surface area contributed by atoms with Crippen LogP contribution in [0.3, 0.4) is 0 Å². The Hall–Kier alpha value is -4.78. The Morgan fingerprint density at radius 2 is 1.55 bits per heavy atom. The molecule has 2 amide bonds. The molecule has 1 fully saturated rings. The van der Waals surface area contributed by atoms with E-state index in [1.165, 1.54) is 5.56 Å². The van der Waals surface area contributed by atoms with Gasteiger partial charge in [-0.2, -0.15) is 0 Å². The van der Waals surface area contributed by atoms with Crippen molar-refractivity contribution in [3.8, 4) is 11.5 Å². The van der Waals surface area contributed by atoms with Crippen LogP contribution in [0, 0.1) is 5.92 Å². The average molecular weight is 560 g/mol. The maximum Gasteiger partial charge on any atom is 0.256 e. The largest absolute Gasteiger partial charge is 0.454 e. The number of benzene rings is 4. The molecule has 3 heterocycles. The van der Waals surface area contributed by atoms with Crippen LogP contribution in [0.4, 0.5) is 5.69 Å². The van der Waals surface area contributed by atoms with E-state index in [4.69, 9.17) is 9.47 Å². The minimum absolute atomic E-state index is 0.0248. The molecular formula is C35H33N3O4. The van der Waals surface area contributed by atoms with Gasteiger partial charge in [0.15, 0.2) is 11.5 Å². The number of nitrogens with zero attached hydrogens (tertiary/aromatic N) is 2. The quantitative estimate of drug-likeness (QED) is 0.289. The Morgan fingerprint density at radius 3 is 2.36 bits per heavy atom. The zero-order valence-electron chi connectivity index (χ0n) is 23.4. The van der Waals surface area contributed by atoms with Gasteiger partial charge in [0.1, 0.15) is 6.17 Å². The summed E-state index contributed by atoms with van der Waals surface area (Å²) in [6, 6.07) is 31.7. The molecule has 7 nitrogen and oxygen atoms in total. The number of ether oxygens (including phenoxy) is 2. The molecule has 4 aromatic rings. The molecule has 0 radical (unpaired) electrons. The number of piperidine rings is 1. The average Bonchev–Trinajstić information content (AvgIpc) is 3.61. The topological polar surface area (TPSA) is 71.1 Å². The SMILES string of the molecule is O=C(c1ccc(N[C@@H]2c3ccccc3C(=O)N2Cc2ccc3c(c2)OCO3)cc1)N1CCC(Cc2ccccc2)CC1. The monoisotopic (exact) mass is 559 g/mol. The number of rotatable bonds is 7. The van der Waals surface area contributed by atoms with Gasteiger partial charge in [-0.05, 0) is 78.8 Å². The highest BCUT2D eigenvalue weighted by Gasteiger charge is 2.36. The second-order valence-corrected chi connectivity index (χ2v) is 11.3. The van der Waals surface area contributed by atoms with Gasteiger partial charge in [-0.25, -0.2) is 0 Å². The van der Waals surface area contributed by atoms with Crippen molar-refractivity contribution in [2.75, 3.05) is 25.2 Å². The summed E-state index contributed by atoms with van der Waals surface area (Å²) in [6.45, 7) is 2.19. The van der Waals surface area contributed by atoms with Gasteiger partial charge in [0.2, 0.25) is 6.79 Å². The van der Waals surface area contributed by atoms with E-state index in [2.05, 4.69) is 35.6 Å². The number of amides is 2. The number of carbonyl (C=O) groups excluding carboxylic acids is 2. The Bertz CT molecular complexity index is 1600. The van der Waals surface area contributed by atoms with Crippen molar-refractivity contribution < 1.29 is 19.1 Å². The van der Waals surface area contributed by atoms with Crippen molar-refractivity contribution in [1.82, 2.24) is 9.80 Å². The predicted octanol–water partition coefficient (Wildman–Crippen LogP) is 6.28. The van der Waals surface area contributed by atoms with E-state index in [9.17, 15) is 9.59 Å². The lowest BCUT2D eigenvalue weighted by Crippen LogP contribution is -2.38. The van der Waals surface area contributed by atoms with E-state index in [1.54, 1.807) is 0 Å². The van der Waals surface area contributed by atoms with Crippen molar-refractivity contribution in [3.05, 3.63) is 125 Å². The van der Waals surface area contributed by atoms with E-state index in [0.29, 0.717) is 29.3 Å². The van der Waals surface area contributed by atoms with Crippen LogP contribution in [0.2, 0.25) is 0 Å². The molecule has 7 rings (SSSR count). The van der Waals surface area contributed by atoms with Gasteiger partial charge in [-0.15, -0.1) is 0 Å². The maximum atomic E-state index is 13.5. The van der Waals surface area contributed by atoms with E-state index < -0.39 is 0 Å². The number of likely N-dealkylation sites (tertiary alicyclic amines) is 1. The Morgan fingerprint density at radius 1 is 0.810 bits per heavy atom. The van der Waals surface area contributed by atoms with Crippen LogP contribution in [-0.4, -0.2) is 41.5 Å². The smallest absolute Gasteiger partial charge is 0.256 e. The minimum atomic E-state index is -0.343. The predicted molar refractivity (Wildman–Crippen MR) is 160 cm³/mol. The van der Waals surface area contributed by atoms with Crippen LogP contribution >= 0.6 is 0 Å². The summed E-state index contributed by atoms with van der Waals surface area (Å²) in [5, 5.41) is 3.55. The third kappa shape index (κ3) is 5.18. The van der Waals surface area contributed by atoms with Gasteiger partial charge in [0.05, 0.1) is 0 Å². The van der Waals surface area contributed by atoms with Gasteiger partial charge in [0, 0.05) is 42.0 Å². The molecule has 0 aromatic heterocycles. The van der Waals surface area contributed by atoms with Crippen LogP contribution < -0.4 is 14.8 Å². The van der Waals surface area contributed by atoms with E-state index in [1.807, 2.05) is 76.5 Å². The molecule has 0 bridgehead atoms. The van der Waals surface area contributed by atoms with Crippen LogP contribution in [-0.2, 0) is 13.0 Å². The van der Waals surface area contributed by atoms with Crippen molar-refractivity contribution in [1.29, 1.82) is 0 Å². The fourth-order valence-corrected chi connectivity index (χ4v) is 6.26. The van der Waals surface area contributed by atoms with Gasteiger partial charge in [0.25, 0.3) is 11.8 Å². The summed E-state index contributed by atoms with van der Waals surface area (Å²) >= 11 is 0. The van der Waals surface area contributed by atoms with Crippen LogP contribution in [0.5, 0.6) is 11.5 Å². The second-order valence-electron chi connectivity index (χ2n) is 11.3. The lowest BCUT2D eigenvalue weighted by atomic mass is 9.90. The van der Waals surface area contributed by atoms with Crippen molar-refractivity contribution in [3.63, 3.8) is 0 Å². The highest BCUT2D eigenvalue weighted by molar-refractivity contribution is 5.99. The first kappa shape index (κ1) is 26.1. The summed E-state index contributed by atoms with van der Waals surface area (Å²) in [4.78, 5) is 30.6. The zero-order chi connectivity index (χ0) is 28.5. The summed E-state index contributed by atoms with van der Waals surface area (Å²) in [6.07, 6.45) is 2.77. The molecule has 0 aliphatic carbocycles. The van der Waals surface area contributed by atoms with Crippen molar-refractivity contribution in [2.24, 2.45) is 5.92 Å². The normalized spacial score (nSPS) is 17.8. The number of hydrogen-bond acceptors (Lipinski definition) is 5. The molecule has 0 spiro atoms. The fourth-order valence-electron chi connectivity index (χ4n) is 6.26. The van der Waals surface area contributed by atoms with Crippen molar-refractivity contribution >= 4 is 17.5 Å². The number of anilines is 1.